The van der Waals surface area contributed by atoms with Crippen LogP contribution in [0.4, 0.5) is 11.4 Å². The second-order valence-corrected chi connectivity index (χ2v) is 8.56. The lowest BCUT2D eigenvalue weighted by Gasteiger charge is -2.29. The average Bonchev–Trinajstić information content (AvgIpc) is 3.44. The Labute approximate surface area is 215 Å². The van der Waals surface area contributed by atoms with Gasteiger partial charge in [0.15, 0.2) is 17.6 Å². The summed E-state index contributed by atoms with van der Waals surface area (Å²) in [6, 6.07) is 19.2. The van der Waals surface area contributed by atoms with Crippen molar-refractivity contribution in [3.8, 4) is 23.0 Å². The molecule has 0 aliphatic carbocycles. The normalized spacial score (nSPS) is 20.7. The molecule has 9 nitrogen and oxygen atoms in total. The molecule has 2 saturated heterocycles. The number of fused-ring (bicyclic) bond motifs is 1. The van der Waals surface area contributed by atoms with Crippen LogP contribution in [0.15, 0.2) is 66.7 Å². The number of benzene rings is 3. The number of anilines is 2. The van der Waals surface area contributed by atoms with Crippen molar-refractivity contribution >= 4 is 23.2 Å². The maximum Gasteiger partial charge on any atom is 0.266 e. The van der Waals surface area contributed by atoms with Crippen LogP contribution in [0, 0.1) is 5.92 Å². The van der Waals surface area contributed by atoms with Gasteiger partial charge in [-0.1, -0.05) is 18.2 Å². The summed E-state index contributed by atoms with van der Waals surface area (Å²) in [5.74, 6) is 0.392. The van der Waals surface area contributed by atoms with Gasteiger partial charge in [-0.25, -0.2) is 9.96 Å². The summed E-state index contributed by atoms with van der Waals surface area (Å²) in [5.41, 5.74) is 1.86. The first-order valence-corrected chi connectivity index (χ1v) is 11.9. The SMILES string of the molecule is CCOc1ccc(N2C(=O)[C@H]3[C@H](ON(c4ccccc4)[C@@H]3c3cc(OC)c(OC)c(OC)c3)C2=O)cc1. The maximum atomic E-state index is 13.9. The summed E-state index contributed by atoms with van der Waals surface area (Å²) in [4.78, 5) is 34.9. The highest BCUT2D eigenvalue weighted by Crippen LogP contribution is 2.50. The molecule has 2 amide bonds. The number of hydrogen-bond acceptors (Lipinski definition) is 8. The highest BCUT2D eigenvalue weighted by Gasteiger charge is 2.60. The number of hydrogen-bond donors (Lipinski definition) is 0. The Morgan fingerprint density at radius 1 is 0.811 bits per heavy atom. The third-order valence-electron chi connectivity index (χ3n) is 6.56. The Hall–Kier alpha value is -4.24. The molecule has 5 rings (SSSR count). The molecule has 0 aromatic heterocycles. The molecule has 2 aliphatic rings. The molecule has 0 saturated carbocycles. The van der Waals surface area contributed by atoms with Crippen LogP contribution in [-0.2, 0) is 14.4 Å². The van der Waals surface area contributed by atoms with E-state index in [1.165, 1.54) is 26.2 Å². The molecule has 37 heavy (non-hydrogen) atoms. The van der Waals surface area contributed by atoms with Gasteiger partial charge in [0, 0.05) is 0 Å². The number of rotatable bonds is 8. The molecule has 0 spiro atoms. The molecular weight excluding hydrogens is 476 g/mol. The van der Waals surface area contributed by atoms with Gasteiger partial charge in [0.2, 0.25) is 11.7 Å². The van der Waals surface area contributed by atoms with Gasteiger partial charge >= 0.3 is 0 Å². The summed E-state index contributed by atoms with van der Waals surface area (Å²) in [5, 5.41) is 1.63. The van der Waals surface area contributed by atoms with Crippen LogP contribution < -0.4 is 28.9 Å². The Bertz CT molecular complexity index is 1270. The molecule has 3 aromatic carbocycles. The van der Waals surface area contributed by atoms with Crippen molar-refractivity contribution in [1.29, 1.82) is 0 Å². The lowest BCUT2D eigenvalue weighted by atomic mass is 9.90. The molecule has 2 heterocycles. The van der Waals surface area contributed by atoms with E-state index in [1.54, 1.807) is 41.5 Å². The van der Waals surface area contributed by atoms with Gasteiger partial charge in [-0.3, -0.25) is 14.4 Å². The summed E-state index contributed by atoms with van der Waals surface area (Å²) in [7, 11) is 4.59. The third kappa shape index (κ3) is 4.11. The standard InChI is InChI=1S/C28H28N2O7/c1-5-36-20-13-11-18(12-14-20)29-27(31)23-24(17-15-21(33-2)25(35-4)22(16-17)34-3)30(37-26(23)28(29)32)19-9-7-6-8-10-19/h6-16,23-24,26H,5H2,1-4H3/t23-,24-,26+/m1/s1. The first-order chi connectivity index (χ1) is 18.0. The monoisotopic (exact) mass is 504 g/mol. The topological polar surface area (TPSA) is 86.8 Å². The number of ether oxygens (including phenoxy) is 4. The number of nitrogens with zero attached hydrogens (tertiary/aromatic N) is 2. The number of methoxy groups -OCH3 is 3. The number of para-hydroxylation sites is 1. The molecular formula is C28H28N2O7. The minimum atomic E-state index is -0.997. The fraction of sp³-hybridized carbons (Fsp3) is 0.286. The molecule has 0 radical (unpaired) electrons. The Morgan fingerprint density at radius 2 is 1.46 bits per heavy atom. The Kier molecular flexibility index (Phi) is 6.62. The first-order valence-electron chi connectivity index (χ1n) is 11.9. The maximum absolute atomic E-state index is 13.9. The van der Waals surface area contributed by atoms with E-state index < -0.39 is 24.0 Å². The van der Waals surface area contributed by atoms with Crippen molar-refractivity contribution in [3.63, 3.8) is 0 Å². The molecule has 3 atom stereocenters. The van der Waals surface area contributed by atoms with Crippen LogP contribution in [0.25, 0.3) is 0 Å². The van der Waals surface area contributed by atoms with Crippen LogP contribution in [0.1, 0.15) is 18.5 Å². The van der Waals surface area contributed by atoms with E-state index >= 15 is 0 Å². The minimum Gasteiger partial charge on any atom is -0.494 e. The number of imide groups is 1. The molecule has 3 aromatic rings. The van der Waals surface area contributed by atoms with Crippen LogP contribution in [-0.4, -0.2) is 45.9 Å². The van der Waals surface area contributed by atoms with E-state index in [4.69, 9.17) is 23.8 Å². The number of hydroxylamine groups is 1. The minimum absolute atomic E-state index is 0.351. The lowest BCUT2D eigenvalue weighted by molar-refractivity contribution is -0.126. The summed E-state index contributed by atoms with van der Waals surface area (Å²) < 4.78 is 22.1. The Morgan fingerprint density at radius 3 is 2.03 bits per heavy atom. The number of amides is 2. The fourth-order valence-corrected chi connectivity index (χ4v) is 4.94. The molecule has 2 aliphatic heterocycles. The second-order valence-electron chi connectivity index (χ2n) is 8.56. The summed E-state index contributed by atoms with van der Waals surface area (Å²) >= 11 is 0. The summed E-state index contributed by atoms with van der Waals surface area (Å²) in [6.45, 7) is 2.41. The predicted octanol–water partition coefficient (Wildman–Crippen LogP) is 4.16. The smallest absolute Gasteiger partial charge is 0.266 e. The van der Waals surface area contributed by atoms with Crippen LogP contribution in [0.2, 0.25) is 0 Å². The lowest BCUT2D eigenvalue weighted by Crippen LogP contribution is -2.37. The van der Waals surface area contributed by atoms with Crippen molar-refractivity contribution in [1.82, 2.24) is 0 Å². The molecule has 0 bridgehead atoms. The van der Waals surface area contributed by atoms with Crippen LogP contribution in [0.3, 0.4) is 0 Å². The molecule has 9 heteroatoms. The van der Waals surface area contributed by atoms with Gasteiger partial charge in [-0.2, -0.15) is 0 Å². The highest BCUT2D eigenvalue weighted by molar-refractivity contribution is 6.24. The number of carbonyl (C=O) groups excluding carboxylic acids is 2. The molecule has 192 valence electrons. The zero-order valence-corrected chi connectivity index (χ0v) is 21.0. The molecule has 0 unspecified atom stereocenters. The second kappa shape index (κ2) is 10.0. The quantitative estimate of drug-likeness (QED) is 0.423. The van der Waals surface area contributed by atoms with Crippen LogP contribution in [0.5, 0.6) is 23.0 Å². The average molecular weight is 505 g/mol. The van der Waals surface area contributed by atoms with E-state index in [2.05, 4.69) is 0 Å². The van der Waals surface area contributed by atoms with E-state index in [9.17, 15) is 9.59 Å². The molecule has 0 N–H and O–H groups in total. The van der Waals surface area contributed by atoms with Gasteiger partial charge in [-0.15, -0.1) is 0 Å². The highest BCUT2D eigenvalue weighted by atomic mass is 16.7. The van der Waals surface area contributed by atoms with Gasteiger partial charge < -0.3 is 18.9 Å². The fourth-order valence-electron chi connectivity index (χ4n) is 4.94. The van der Waals surface area contributed by atoms with E-state index in [0.717, 1.165) is 0 Å². The zero-order chi connectivity index (χ0) is 26.1. The van der Waals surface area contributed by atoms with Crippen molar-refractivity contribution in [3.05, 3.63) is 72.3 Å². The third-order valence-corrected chi connectivity index (χ3v) is 6.56. The van der Waals surface area contributed by atoms with Crippen molar-refractivity contribution in [2.24, 2.45) is 5.92 Å². The van der Waals surface area contributed by atoms with Crippen molar-refractivity contribution < 1.29 is 33.4 Å². The van der Waals surface area contributed by atoms with Crippen molar-refractivity contribution in [2.45, 2.75) is 19.1 Å². The van der Waals surface area contributed by atoms with Crippen molar-refractivity contribution in [2.75, 3.05) is 37.9 Å². The Balaban J connectivity index is 1.59. The van der Waals surface area contributed by atoms with E-state index in [-0.39, 0.29) is 5.91 Å². The number of carbonyl (C=O) groups is 2. The predicted molar refractivity (Wildman–Crippen MR) is 136 cm³/mol. The molecule has 2 fully saturated rings. The van der Waals surface area contributed by atoms with Gasteiger partial charge in [0.25, 0.3) is 5.91 Å². The largest absolute Gasteiger partial charge is 0.494 e. The first kappa shape index (κ1) is 24.5. The van der Waals surface area contributed by atoms with E-state index in [1.807, 2.05) is 37.3 Å². The van der Waals surface area contributed by atoms with Crippen LogP contribution >= 0.6 is 0 Å². The van der Waals surface area contributed by atoms with Gasteiger partial charge in [0.05, 0.1) is 45.4 Å². The van der Waals surface area contributed by atoms with Gasteiger partial charge in [-0.05, 0) is 61.0 Å². The zero-order valence-electron chi connectivity index (χ0n) is 21.0. The van der Waals surface area contributed by atoms with E-state index in [0.29, 0.717) is 46.5 Å². The summed E-state index contributed by atoms with van der Waals surface area (Å²) in [6.07, 6.45) is -0.997. The van der Waals surface area contributed by atoms with Gasteiger partial charge in [0.1, 0.15) is 11.7 Å².